The summed E-state index contributed by atoms with van der Waals surface area (Å²) in [5, 5.41) is 0. The van der Waals surface area contributed by atoms with Crippen LogP contribution in [0.3, 0.4) is 0 Å². The van der Waals surface area contributed by atoms with E-state index in [0.29, 0.717) is 6.54 Å². The Balaban J connectivity index is 2.79. The fourth-order valence-corrected chi connectivity index (χ4v) is 1.18. The van der Waals surface area contributed by atoms with E-state index < -0.39 is 10.0 Å². The number of aliphatic imine (C=N–C) groups is 1. The van der Waals surface area contributed by atoms with Crippen molar-refractivity contribution in [1.29, 1.82) is 0 Å². The van der Waals surface area contributed by atoms with Gasteiger partial charge >= 0.3 is 0 Å². The highest BCUT2D eigenvalue weighted by molar-refractivity contribution is 7.88. The van der Waals surface area contributed by atoms with E-state index in [1.165, 1.54) is 10.6 Å². The number of hydrogen-bond donors (Lipinski definition) is 0. The van der Waals surface area contributed by atoms with Gasteiger partial charge in [-0.2, -0.15) is 0 Å². The summed E-state index contributed by atoms with van der Waals surface area (Å²) in [5.41, 5.74) is 0. The number of rotatable bonds is 1. The molecule has 56 valence electrons. The van der Waals surface area contributed by atoms with Crippen LogP contribution >= 0.6 is 0 Å². The fourth-order valence-electron chi connectivity index (χ4n) is 0.593. The van der Waals surface area contributed by atoms with E-state index in [9.17, 15) is 8.42 Å². The van der Waals surface area contributed by atoms with Crippen molar-refractivity contribution in [3.8, 4) is 0 Å². The first-order valence-corrected chi connectivity index (χ1v) is 4.60. The lowest BCUT2D eigenvalue weighted by molar-refractivity contribution is 0.549. The second-order valence-electron chi connectivity index (χ2n) is 1.98. The molecule has 0 saturated heterocycles. The third kappa shape index (κ3) is 1.57. The van der Waals surface area contributed by atoms with E-state index in [0.717, 1.165) is 6.26 Å². The van der Waals surface area contributed by atoms with Gasteiger partial charge < -0.3 is 0 Å². The molecule has 0 aliphatic carbocycles. The maximum absolute atomic E-state index is 10.8. The molecule has 0 bridgehead atoms. The van der Waals surface area contributed by atoms with Crippen LogP contribution in [0.4, 0.5) is 0 Å². The van der Waals surface area contributed by atoms with E-state index in [-0.39, 0.29) is 0 Å². The minimum absolute atomic E-state index is 0.391. The number of nitrogens with zero attached hydrogens (tertiary/aromatic N) is 2. The Labute approximate surface area is 59.9 Å². The first-order chi connectivity index (χ1) is 4.61. The molecule has 0 N–H and O–H groups in total. The van der Waals surface area contributed by atoms with Crippen LogP contribution in [0.25, 0.3) is 0 Å². The first kappa shape index (κ1) is 7.27. The zero-order valence-corrected chi connectivity index (χ0v) is 6.37. The number of sulfonamides is 1. The second-order valence-corrected chi connectivity index (χ2v) is 3.92. The Morgan fingerprint density at radius 1 is 1.60 bits per heavy atom. The summed E-state index contributed by atoms with van der Waals surface area (Å²) in [6, 6.07) is 0. The minimum Gasteiger partial charge on any atom is -0.256 e. The van der Waals surface area contributed by atoms with Gasteiger partial charge in [0.1, 0.15) is 6.34 Å². The molecule has 0 aromatic rings. The maximum atomic E-state index is 10.8. The average molecular weight is 160 g/mol. The highest BCUT2D eigenvalue weighted by Gasteiger charge is 2.11. The van der Waals surface area contributed by atoms with Gasteiger partial charge in [-0.15, -0.1) is 0 Å². The van der Waals surface area contributed by atoms with Gasteiger partial charge in [-0.25, -0.2) is 13.4 Å². The minimum atomic E-state index is -3.09. The highest BCUT2D eigenvalue weighted by Crippen LogP contribution is 1.98. The zero-order chi connectivity index (χ0) is 7.61. The van der Waals surface area contributed by atoms with Gasteiger partial charge in [0, 0.05) is 6.20 Å². The zero-order valence-electron chi connectivity index (χ0n) is 5.56. The highest BCUT2D eigenvalue weighted by atomic mass is 32.2. The van der Waals surface area contributed by atoms with Gasteiger partial charge in [0.25, 0.3) is 0 Å². The summed E-state index contributed by atoms with van der Waals surface area (Å²) in [4.78, 5) is 3.67. The van der Waals surface area contributed by atoms with Gasteiger partial charge in [-0.3, -0.25) is 4.31 Å². The van der Waals surface area contributed by atoms with Gasteiger partial charge in [-0.1, -0.05) is 0 Å². The summed E-state index contributed by atoms with van der Waals surface area (Å²) in [7, 11) is -3.09. The maximum Gasteiger partial charge on any atom is 0.233 e. The molecule has 0 spiro atoms. The third-order valence-corrected chi connectivity index (χ3v) is 2.19. The van der Waals surface area contributed by atoms with Crippen LogP contribution in [0.2, 0.25) is 0 Å². The lowest BCUT2D eigenvalue weighted by atomic mass is 10.6. The molecular formula is C5H8N2O2S. The van der Waals surface area contributed by atoms with E-state index >= 15 is 0 Å². The molecule has 5 heteroatoms. The number of hydrogen-bond acceptors (Lipinski definition) is 3. The summed E-state index contributed by atoms with van der Waals surface area (Å²) in [6.07, 6.45) is 5.70. The van der Waals surface area contributed by atoms with E-state index in [1.807, 2.05) is 0 Å². The Morgan fingerprint density at radius 2 is 2.30 bits per heavy atom. The molecule has 0 atom stereocenters. The largest absolute Gasteiger partial charge is 0.256 e. The monoisotopic (exact) mass is 160 g/mol. The molecule has 0 aromatic carbocycles. The molecule has 1 rings (SSSR count). The Hall–Kier alpha value is -0.840. The second kappa shape index (κ2) is 2.42. The lowest BCUT2D eigenvalue weighted by Gasteiger charge is -2.15. The molecule has 1 aliphatic rings. The van der Waals surface area contributed by atoms with Crippen LogP contribution < -0.4 is 0 Å². The fraction of sp³-hybridized carbons (Fsp3) is 0.400. The molecular weight excluding hydrogens is 152 g/mol. The normalized spacial score (nSPS) is 17.9. The molecule has 0 unspecified atom stereocenters. The quantitative estimate of drug-likeness (QED) is 0.533. The van der Waals surface area contributed by atoms with Crippen molar-refractivity contribution in [2.75, 3.05) is 12.8 Å². The van der Waals surface area contributed by atoms with E-state index in [2.05, 4.69) is 4.99 Å². The van der Waals surface area contributed by atoms with Gasteiger partial charge in [0.05, 0.1) is 12.8 Å². The van der Waals surface area contributed by atoms with Crippen LogP contribution in [-0.4, -0.2) is 31.9 Å². The third-order valence-electron chi connectivity index (χ3n) is 1.10. The van der Waals surface area contributed by atoms with Crippen molar-refractivity contribution in [1.82, 2.24) is 4.31 Å². The van der Waals surface area contributed by atoms with E-state index in [1.54, 1.807) is 12.3 Å². The molecule has 0 fully saturated rings. The predicted molar refractivity (Wildman–Crippen MR) is 39.2 cm³/mol. The van der Waals surface area contributed by atoms with Crippen molar-refractivity contribution in [3.05, 3.63) is 12.3 Å². The molecule has 1 aliphatic heterocycles. The molecule has 0 saturated carbocycles. The van der Waals surface area contributed by atoms with Gasteiger partial charge in [0.15, 0.2) is 0 Å². The first-order valence-electron chi connectivity index (χ1n) is 2.76. The molecule has 1 heterocycles. The van der Waals surface area contributed by atoms with Crippen molar-refractivity contribution in [3.63, 3.8) is 0 Å². The molecule has 10 heavy (non-hydrogen) atoms. The molecule has 4 nitrogen and oxygen atoms in total. The summed E-state index contributed by atoms with van der Waals surface area (Å²) >= 11 is 0. The predicted octanol–water partition coefficient (Wildman–Crippen LogP) is -0.196. The topological polar surface area (TPSA) is 49.7 Å². The molecule has 0 aromatic heterocycles. The van der Waals surface area contributed by atoms with Crippen molar-refractivity contribution in [2.45, 2.75) is 0 Å². The Morgan fingerprint density at radius 3 is 2.60 bits per heavy atom. The average Bonchev–Trinajstić information content (AvgIpc) is 1.88. The van der Waals surface area contributed by atoms with E-state index in [4.69, 9.17) is 0 Å². The Kier molecular flexibility index (Phi) is 1.76. The van der Waals surface area contributed by atoms with Crippen LogP contribution in [0, 0.1) is 0 Å². The van der Waals surface area contributed by atoms with Crippen LogP contribution in [0.5, 0.6) is 0 Å². The Bertz CT molecular complexity index is 265. The van der Waals surface area contributed by atoms with Gasteiger partial charge in [0.2, 0.25) is 10.0 Å². The van der Waals surface area contributed by atoms with Crippen molar-refractivity contribution in [2.24, 2.45) is 4.99 Å². The summed E-state index contributed by atoms with van der Waals surface area (Å²) in [6.45, 7) is 0.391. The molecule has 0 radical (unpaired) electrons. The van der Waals surface area contributed by atoms with Crippen LogP contribution in [0.15, 0.2) is 17.3 Å². The van der Waals surface area contributed by atoms with Crippen molar-refractivity contribution >= 4 is 16.4 Å². The standard InChI is InChI=1S/C5H8N2O2S/c1-10(8,9)7-4-2-3-6-5-7/h2-3,5H,4H2,1H3. The summed E-state index contributed by atoms with van der Waals surface area (Å²) < 4.78 is 22.7. The smallest absolute Gasteiger partial charge is 0.233 e. The molecule has 0 amide bonds. The van der Waals surface area contributed by atoms with Crippen LogP contribution in [0.1, 0.15) is 0 Å². The lowest BCUT2D eigenvalue weighted by Crippen LogP contribution is -2.29. The summed E-state index contributed by atoms with van der Waals surface area (Å²) in [5.74, 6) is 0. The van der Waals surface area contributed by atoms with Crippen molar-refractivity contribution < 1.29 is 8.42 Å². The van der Waals surface area contributed by atoms with Crippen LogP contribution in [-0.2, 0) is 10.0 Å². The van der Waals surface area contributed by atoms with Gasteiger partial charge in [-0.05, 0) is 6.08 Å². The SMILES string of the molecule is CS(=O)(=O)N1C=NC=CC1.